The number of hydrogen-bond donors (Lipinski definition) is 2. The van der Waals surface area contributed by atoms with Gasteiger partial charge in [-0.2, -0.15) is 0 Å². The molecule has 2 N–H and O–H groups in total. The SMILES string of the molecule is Cl.O=C(CCC1CCNCC1)NC1CCCS(=O)(=O)C1. The molecular weight excluding hydrogens is 300 g/mol. The van der Waals surface area contributed by atoms with Gasteiger partial charge in [0, 0.05) is 12.5 Å². The number of hydrogen-bond acceptors (Lipinski definition) is 4. The van der Waals surface area contributed by atoms with E-state index >= 15 is 0 Å². The molecule has 0 aromatic carbocycles. The standard InChI is InChI=1S/C13H24N2O3S.ClH/c16-13(4-3-11-5-7-14-8-6-11)15-12-2-1-9-19(17,18)10-12;/h11-12,14H,1-10H2,(H,15,16);1H. The van der Waals surface area contributed by atoms with Gasteiger partial charge in [-0.1, -0.05) is 0 Å². The van der Waals surface area contributed by atoms with Gasteiger partial charge in [-0.15, -0.1) is 12.4 Å². The van der Waals surface area contributed by atoms with E-state index in [9.17, 15) is 13.2 Å². The van der Waals surface area contributed by atoms with Gasteiger partial charge >= 0.3 is 0 Å². The largest absolute Gasteiger partial charge is 0.352 e. The van der Waals surface area contributed by atoms with Gasteiger partial charge in [0.1, 0.15) is 0 Å². The van der Waals surface area contributed by atoms with Crippen molar-refractivity contribution in [3.63, 3.8) is 0 Å². The molecule has 5 nitrogen and oxygen atoms in total. The third-order valence-corrected chi connectivity index (χ3v) is 5.89. The topological polar surface area (TPSA) is 75.3 Å². The Morgan fingerprint density at radius 2 is 1.90 bits per heavy atom. The van der Waals surface area contributed by atoms with Crippen molar-refractivity contribution in [3.8, 4) is 0 Å². The second-order valence-corrected chi connectivity index (χ2v) is 7.98. The summed E-state index contributed by atoms with van der Waals surface area (Å²) in [5, 5.41) is 6.19. The van der Waals surface area contributed by atoms with Gasteiger partial charge in [-0.3, -0.25) is 4.79 Å². The fraction of sp³-hybridized carbons (Fsp3) is 0.923. The van der Waals surface area contributed by atoms with E-state index in [0.29, 0.717) is 18.8 Å². The zero-order valence-corrected chi connectivity index (χ0v) is 13.4. The Morgan fingerprint density at radius 1 is 1.20 bits per heavy atom. The van der Waals surface area contributed by atoms with Crippen LogP contribution in [0.1, 0.15) is 38.5 Å². The van der Waals surface area contributed by atoms with E-state index in [1.165, 1.54) is 0 Å². The van der Waals surface area contributed by atoms with Crippen LogP contribution in [-0.2, 0) is 14.6 Å². The molecule has 2 aliphatic rings. The van der Waals surface area contributed by atoms with Crippen LogP contribution in [0.2, 0.25) is 0 Å². The molecule has 0 saturated carbocycles. The first-order valence-electron chi connectivity index (χ1n) is 7.26. The predicted molar refractivity (Wildman–Crippen MR) is 81.9 cm³/mol. The maximum absolute atomic E-state index is 11.8. The minimum Gasteiger partial charge on any atom is -0.352 e. The molecule has 0 spiro atoms. The lowest BCUT2D eigenvalue weighted by molar-refractivity contribution is -0.122. The first kappa shape index (κ1) is 17.7. The molecule has 2 heterocycles. The van der Waals surface area contributed by atoms with Crippen molar-refractivity contribution >= 4 is 28.2 Å². The molecule has 1 amide bonds. The zero-order valence-electron chi connectivity index (χ0n) is 11.8. The Balaban J connectivity index is 0.00000200. The van der Waals surface area contributed by atoms with Crippen molar-refractivity contribution in [1.29, 1.82) is 0 Å². The Labute approximate surface area is 127 Å². The molecule has 2 aliphatic heterocycles. The molecule has 0 radical (unpaired) electrons. The summed E-state index contributed by atoms with van der Waals surface area (Å²) in [6.45, 7) is 2.10. The minimum atomic E-state index is -2.94. The van der Waals surface area contributed by atoms with Gasteiger partial charge in [0.25, 0.3) is 0 Å². The first-order valence-corrected chi connectivity index (χ1v) is 9.08. The van der Waals surface area contributed by atoms with Crippen molar-refractivity contribution < 1.29 is 13.2 Å². The van der Waals surface area contributed by atoms with Gasteiger partial charge in [-0.05, 0) is 51.1 Å². The van der Waals surface area contributed by atoms with Gasteiger partial charge in [0.2, 0.25) is 5.91 Å². The van der Waals surface area contributed by atoms with Crippen LogP contribution in [0.25, 0.3) is 0 Å². The summed E-state index contributed by atoms with van der Waals surface area (Å²) in [6, 6.07) is -0.167. The molecule has 20 heavy (non-hydrogen) atoms. The Morgan fingerprint density at radius 3 is 2.55 bits per heavy atom. The summed E-state index contributed by atoms with van der Waals surface area (Å²) in [6.07, 6.45) is 5.20. The Hall–Kier alpha value is -0.330. The predicted octanol–water partition coefficient (Wildman–Crippen LogP) is 0.881. The van der Waals surface area contributed by atoms with Crippen LogP contribution in [0, 0.1) is 5.92 Å². The van der Waals surface area contributed by atoms with Gasteiger partial charge < -0.3 is 10.6 Å². The number of piperidine rings is 1. The first-order chi connectivity index (χ1) is 9.05. The van der Waals surface area contributed by atoms with Gasteiger partial charge in [0.15, 0.2) is 9.84 Å². The second-order valence-electron chi connectivity index (χ2n) is 5.75. The molecule has 7 heteroatoms. The van der Waals surface area contributed by atoms with E-state index in [2.05, 4.69) is 10.6 Å². The van der Waals surface area contributed by atoms with Crippen LogP contribution in [0.4, 0.5) is 0 Å². The fourth-order valence-electron chi connectivity index (χ4n) is 2.94. The third-order valence-electron chi connectivity index (χ3n) is 4.07. The Kier molecular flexibility index (Phi) is 7.26. The smallest absolute Gasteiger partial charge is 0.220 e. The van der Waals surface area contributed by atoms with Gasteiger partial charge in [-0.25, -0.2) is 8.42 Å². The summed E-state index contributed by atoms with van der Waals surface area (Å²) in [7, 11) is -2.94. The van der Waals surface area contributed by atoms with Crippen LogP contribution < -0.4 is 10.6 Å². The van der Waals surface area contributed by atoms with Crippen LogP contribution in [-0.4, -0.2) is 45.0 Å². The van der Waals surface area contributed by atoms with Crippen molar-refractivity contribution in [2.45, 2.75) is 44.6 Å². The molecule has 0 aromatic rings. The quantitative estimate of drug-likeness (QED) is 0.805. The number of carbonyl (C=O) groups is 1. The van der Waals surface area contributed by atoms with Crippen molar-refractivity contribution in [1.82, 2.24) is 10.6 Å². The maximum Gasteiger partial charge on any atom is 0.220 e. The number of carbonyl (C=O) groups excluding carboxylic acids is 1. The summed E-state index contributed by atoms with van der Waals surface area (Å²) >= 11 is 0. The number of halogens is 1. The summed E-state index contributed by atoms with van der Waals surface area (Å²) in [5.41, 5.74) is 0. The summed E-state index contributed by atoms with van der Waals surface area (Å²) < 4.78 is 23.0. The molecule has 2 rings (SSSR count). The molecule has 2 fully saturated rings. The molecule has 118 valence electrons. The van der Waals surface area contributed by atoms with E-state index in [4.69, 9.17) is 0 Å². The molecule has 1 atom stereocenters. The number of rotatable bonds is 4. The second kappa shape index (κ2) is 8.20. The highest BCUT2D eigenvalue weighted by atomic mass is 35.5. The summed E-state index contributed by atoms with van der Waals surface area (Å²) in [5.74, 6) is 1.04. The molecule has 0 aliphatic carbocycles. The number of sulfone groups is 1. The highest BCUT2D eigenvalue weighted by molar-refractivity contribution is 7.91. The van der Waals surface area contributed by atoms with Crippen molar-refractivity contribution in [2.75, 3.05) is 24.6 Å². The lowest BCUT2D eigenvalue weighted by atomic mass is 9.93. The summed E-state index contributed by atoms with van der Waals surface area (Å²) in [4.78, 5) is 11.8. The van der Waals surface area contributed by atoms with Crippen molar-refractivity contribution in [3.05, 3.63) is 0 Å². The molecule has 1 unspecified atom stereocenters. The van der Waals surface area contributed by atoms with E-state index in [1.807, 2.05) is 0 Å². The van der Waals surface area contributed by atoms with Gasteiger partial charge in [0.05, 0.1) is 11.5 Å². The zero-order chi connectivity index (χ0) is 13.7. The van der Waals surface area contributed by atoms with Crippen LogP contribution in [0.3, 0.4) is 0 Å². The highest BCUT2D eigenvalue weighted by Crippen LogP contribution is 2.18. The maximum atomic E-state index is 11.8. The average molecular weight is 325 g/mol. The van der Waals surface area contributed by atoms with Crippen molar-refractivity contribution in [2.24, 2.45) is 5.92 Å². The van der Waals surface area contributed by atoms with E-state index in [-0.39, 0.29) is 35.9 Å². The van der Waals surface area contributed by atoms with Crippen LogP contribution in [0.5, 0.6) is 0 Å². The average Bonchev–Trinajstić information content (AvgIpc) is 2.36. The minimum absolute atomic E-state index is 0. The van der Waals surface area contributed by atoms with E-state index in [0.717, 1.165) is 38.8 Å². The van der Waals surface area contributed by atoms with Crippen LogP contribution >= 0.6 is 12.4 Å². The van der Waals surface area contributed by atoms with E-state index in [1.54, 1.807) is 0 Å². The number of nitrogens with one attached hydrogen (secondary N) is 2. The fourth-order valence-corrected chi connectivity index (χ4v) is 4.58. The number of amides is 1. The van der Waals surface area contributed by atoms with E-state index < -0.39 is 9.84 Å². The normalized spacial score (nSPS) is 26.5. The molecular formula is C13H25ClN2O3S. The monoisotopic (exact) mass is 324 g/mol. The molecule has 0 aromatic heterocycles. The lowest BCUT2D eigenvalue weighted by Gasteiger charge is -2.24. The molecule has 2 saturated heterocycles. The third kappa shape index (κ3) is 5.97. The van der Waals surface area contributed by atoms with Crippen LogP contribution in [0.15, 0.2) is 0 Å². The lowest BCUT2D eigenvalue weighted by Crippen LogP contribution is -2.43. The molecule has 0 bridgehead atoms. The highest BCUT2D eigenvalue weighted by Gasteiger charge is 2.26. The Bertz CT molecular complexity index is 408.